The van der Waals surface area contributed by atoms with E-state index in [0.29, 0.717) is 15.9 Å². The van der Waals surface area contributed by atoms with Gasteiger partial charge in [0.05, 0.1) is 11.3 Å². The van der Waals surface area contributed by atoms with Crippen molar-refractivity contribution >= 4 is 38.8 Å². The van der Waals surface area contributed by atoms with Crippen molar-refractivity contribution in [1.82, 2.24) is 9.88 Å². The fourth-order valence-corrected chi connectivity index (χ4v) is 5.15. The zero-order valence-electron chi connectivity index (χ0n) is 18.0. The maximum Gasteiger partial charge on any atom is 0.416 e. The van der Waals surface area contributed by atoms with Crippen LogP contribution in [0.4, 0.5) is 24.5 Å². The molecule has 3 heterocycles. The number of benzene rings is 2. The summed E-state index contributed by atoms with van der Waals surface area (Å²) < 4.78 is 39.0. The Kier molecular flexibility index (Phi) is 5.75. The Bertz CT molecular complexity index is 1370. The first-order valence-electron chi connectivity index (χ1n) is 10.7. The second-order valence-corrected chi connectivity index (χ2v) is 9.27. The first-order chi connectivity index (χ1) is 16.3. The molecule has 0 fully saturated rings. The lowest BCUT2D eigenvalue weighted by atomic mass is 10.0. The van der Waals surface area contributed by atoms with E-state index in [0.717, 1.165) is 60.8 Å². The van der Waals surface area contributed by atoms with Crippen molar-refractivity contribution in [3.8, 4) is 0 Å². The standard InChI is InChI=1S/C25H21F3N4OS/c26-25(27,28)17-7-4-8-18(12-17)30-23(33)22-21(29)19-11-16-14-32(13-15-5-2-1-3-6-15)10-9-20(16)31-24(19)34-22/h1-8,11-12H,9-10,13-14,29H2,(H,30,33). The van der Waals surface area contributed by atoms with Gasteiger partial charge < -0.3 is 11.1 Å². The number of carbonyl (C=O) groups excluding carboxylic acids is 1. The van der Waals surface area contributed by atoms with Crippen molar-refractivity contribution in [2.24, 2.45) is 0 Å². The van der Waals surface area contributed by atoms with E-state index in [2.05, 4.69) is 22.3 Å². The molecule has 1 amide bonds. The third-order valence-electron chi connectivity index (χ3n) is 5.85. The van der Waals surface area contributed by atoms with Gasteiger partial charge in [-0.25, -0.2) is 4.98 Å². The van der Waals surface area contributed by atoms with Gasteiger partial charge in [0.1, 0.15) is 9.71 Å². The number of rotatable bonds is 4. The third-order valence-corrected chi connectivity index (χ3v) is 6.97. The van der Waals surface area contributed by atoms with Gasteiger partial charge in [-0.05, 0) is 35.4 Å². The Morgan fingerprint density at radius 3 is 2.68 bits per heavy atom. The highest BCUT2D eigenvalue weighted by Gasteiger charge is 2.30. The van der Waals surface area contributed by atoms with Crippen LogP contribution in [-0.2, 0) is 25.7 Å². The Hall–Kier alpha value is -3.43. The van der Waals surface area contributed by atoms with E-state index >= 15 is 0 Å². The molecule has 0 bridgehead atoms. The van der Waals surface area contributed by atoms with Crippen molar-refractivity contribution in [2.45, 2.75) is 25.7 Å². The lowest BCUT2D eigenvalue weighted by Gasteiger charge is -2.28. The molecule has 1 aliphatic rings. The van der Waals surface area contributed by atoms with Crippen molar-refractivity contribution in [1.29, 1.82) is 0 Å². The number of thiophene rings is 1. The number of amides is 1. The van der Waals surface area contributed by atoms with Crippen LogP contribution in [0.25, 0.3) is 10.2 Å². The van der Waals surface area contributed by atoms with E-state index in [1.165, 1.54) is 17.7 Å². The SMILES string of the molecule is Nc1c(C(=O)Nc2cccc(C(F)(F)F)c2)sc2nc3c(cc12)CN(Cc1ccccc1)CC3. The number of nitrogens with two attached hydrogens (primary N) is 1. The van der Waals surface area contributed by atoms with Gasteiger partial charge in [-0.15, -0.1) is 11.3 Å². The highest BCUT2D eigenvalue weighted by atomic mass is 32.1. The Morgan fingerprint density at radius 2 is 1.91 bits per heavy atom. The predicted molar refractivity (Wildman–Crippen MR) is 128 cm³/mol. The molecule has 0 aliphatic carbocycles. The highest BCUT2D eigenvalue weighted by molar-refractivity contribution is 7.21. The number of halogens is 3. The van der Waals surface area contributed by atoms with Crippen LogP contribution >= 0.6 is 11.3 Å². The van der Waals surface area contributed by atoms with Crippen molar-refractivity contribution in [3.05, 3.63) is 87.9 Å². The van der Waals surface area contributed by atoms with Gasteiger partial charge in [-0.1, -0.05) is 36.4 Å². The number of nitrogen functional groups attached to an aromatic ring is 1. The van der Waals surface area contributed by atoms with Crippen LogP contribution in [0.15, 0.2) is 60.7 Å². The molecule has 5 nitrogen and oxygen atoms in total. The molecule has 2 aromatic carbocycles. The first kappa shape index (κ1) is 22.4. The van der Waals surface area contributed by atoms with Crippen LogP contribution in [0.3, 0.4) is 0 Å². The molecule has 5 rings (SSSR count). The Morgan fingerprint density at radius 1 is 1.12 bits per heavy atom. The summed E-state index contributed by atoms with van der Waals surface area (Å²) in [6, 6.07) is 16.8. The maximum absolute atomic E-state index is 13.0. The fraction of sp³-hybridized carbons (Fsp3) is 0.200. The average Bonchev–Trinajstić information content (AvgIpc) is 3.13. The molecule has 2 aromatic heterocycles. The molecule has 9 heteroatoms. The summed E-state index contributed by atoms with van der Waals surface area (Å²) in [5.74, 6) is -0.552. The van der Waals surface area contributed by atoms with E-state index in [9.17, 15) is 18.0 Å². The van der Waals surface area contributed by atoms with E-state index in [4.69, 9.17) is 10.7 Å². The van der Waals surface area contributed by atoms with Crippen LogP contribution in [0, 0.1) is 0 Å². The number of nitrogens with zero attached hydrogens (tertiary/aromatic N) is 2. The van der Waals surface area contributed by atoms with Gasteiger partial charge in [-0.2, -0.15) is 13.2 Å². The zero-order valence-corrected chi connectivity index (χ0v) is 18.8. The Labute approximate surface area is 198 Å². The minimum atomic E-state index is -4.49. The number of alkyl halides is 3. The number of fused-ring (bicyclic) bond motifs is 2. The van der Waals surface area contributed by atoms with Crippen LogP contribution in [0.2, 0.25) is 0 Å². The molecule has 0 unspecified atom stereocenters. The summed E-state index contributed by atoms with van der Waals surface area (Å²) in [4.78, 5) is 20.8. The molecule has 34 heavy (non-hydrogen) atoms. The highest BCUT2D eigenvalue weighted by Crippen LogP contribution is 2.36. The largest absolute Gasteiger partial charge is 0.416 e. The van der Waals surface area contributed by atoms with E-state index < -0.39 is 17.6 Å². The topological polar surface area (TPSA) is 71.2 Å². The molecule has 0 saturated carbocycles. The summed E-state index contributed by atoms with van der Waals surface area (Å²) in [5, 5.41) is 3.23. The van der Waals surface area contributed by atoms with Gasteiger partial charge in [0.15, 0.2) is 0 Å². The molecule has 3 N–H and O–H groups in total. The van der Waals surface area contributed by atoms with E-state index in [1.54, 1.807) is 0 Å². The van der Waals surface area contributed by atoms with Gasteiger partial charge >= 0.3 is 6.18 Å². The summed E-state index contributed by atoms with van der Waals surface area (Å²) in [5.41, 5.74) is 9.12. The van der Waals surface area contributed by atoms with Gasteiger partial charge in [0.25, 0.3) is 5.91 Å². The van der Waals surface area contributed by atoms with Gasteiger partial charge in [0.2, 0.25) is 0 Å². The van der Waals surface area contributed by atoms with Gasteiger partial charge in [-0.3, -0.25) is 9.69 Å². The van der Waals surface area contributed by atoms with Crippen LogP contribution in [-0.4, -0.2) is 22.3 Å². The molecule has 1 aliphatic heterocycles. The molecular formula is C25H21F3N4OS. The van der Waals surface area contributed by atoms with E-state index in [1.807, 2.05) is 24.3 Å². The lowest BCUT2D eigenvalue weighted by Crippen LogP contribution is -2.30. The van der Waals surface area contributed by atoms with Crippen LogP contribution in [0.5, 0.6) is 0 Å². The quantitative estimate of drug-likeness (QED) is 0.391. The van der Waals surface area contributed by atoms with E-state index in [-0.39, 0.29) is 10.6 Å². The molecular weight excluding hydrogens is 461 g/mol. The number of aromatic nitrogens is 1. The number of hydrogen-bond donors (Lipinski definition) is 2. The number of pyridine rings is 1. The van der Waals surface area contributed by atoms with Crippen LogP contribution in [0.1, 0.15) is 32.1 Å². The molecule has 0 saturated heterocycles. The fourth-order valence-electron chi connectivity index (χ4n) is 4.16. The summed E-state index contributed by atoms with van der Waals surface area (Å²) >= 11 is 1.15. The molecule has 0 spiro atoms. The molecule has 0 radical (unpaired) electrons. The normalized spacial score (nSPS) is 14.2. The summed E-state index contributed by atoms with van der Waals surface area (Å²) in [6.45, 7) is 2.44. The van der Waals surface area contributed by atoms with Crippen molar-refractivity contribution < 1.29 is 18.0 Å². The smallest absolute Gasteiger partial charge is 0.397 e. The predicted octanol–water partition coefficient (Wildman–Crippen LogP) is 5.71. The average molecular weight is 483 g/mol. The second-order valence-electron chi connectivity index (χ2n) is 8.27. The second kappa shape index (κ2) is 8.73. The number of anilines is 2. The first-order valence-corrected chi connectivity index (χ1v) is 11.6. The maximum atomic E-state index is 13.0. The van der Waals surface area contributed by atoms with Crippen LogP contribution < -0.4 is 11.1 Å². The third kappa shape index (κ3) is 4.49. The Balaban J connectivity index is 1.38. The summed E-state index contributed by atoms with van der Waals surface area (Å²) in [7, 11) is 0. The number of hydrogen-bond acceptors (Lipinski definition) is 5. The summed E-state index contributed by atoms with van der Waals surface area (Å²) in [6.07, 6.45) is -3.70. The molecule has 4 aromatic rings. The zero-order chi connectivity index (χ0) is 23.9. The number of carbonyl (C=O) groups is 1. The van der Waals surface area contributed by atoms with Gasteiger partial charge in [0, 0.05) is 42.8 Å². The van der Waals surface area contributed by atoms with Crippen molar-refractivity contribution in [2.75, 3.05) is 17.6 Å². The molecule has 0 atom stereocenters. The monoisotopic (exact) mass is 482 g/mol. The molecule has 174 valence electrons. The lowest BCUT2D eigenvalue weighted by molar-refractivity contribution is -0.137. The number of nitrogens with one attached hydrogen (secondary N) is 1. The minimum absolute atomic E-state index is 0.0560. The minimum Gasteiger partial charge on any atom is -0.397 e. The van der Waals surface area contributed by atoms with Crippen molar-refractivity contribution in [3.63, 3.8) is 0 Å².